The van der Waals surface area contributed by atoms with Gasteiger partial charge in [-0.15, -0.1) is 0 Å². The average Bonchev–Trinajstić information content (AvgIpc) is 2.89. The highest BCUT2D eigenvalue weighted by Gasteiger charge is 2.17. The van der Waals surface area contributed by atoms with Gasteiger partial charge in [-0.05, 0) is 30.0 Å². The van der Waals surface area contributed by atoms with Crippen LogP contribution in [-0.4, -0.2) is 24.6 Å². The van der Waals surface area contributed by atoms with Gasteiger partial charge in [0, 0.05) is 43.3 Å². The summed E-state index contributed by atoms with van der Waals surface area (Å²) in [6.45, 7) is 3.15. The number of aromatic nitrogens is 1. The molecule has 1 aliphatic heterocycles. The second kappa shape index (κ2) is 7.52. The minimum absolute atomic E-state index is 0.580. The van der Waals surface area contributed by atoms with Crippen molar-refractivity contribution in [1.82, 2.24) is 4.98 Å². The van der Waals surface area contributed by atoms with Gasteiger partial charge in [0.15, 0.2) is 0 Å². The van der Waals surface area contributed by atoms with Crippen molar-refractivity contribution in [2.45, 2.75) is 19.4 Å². The number of hydrogen-bond acceptors (Lipinski definition) is 4. The van der Waals surface area contributed by atoms with Crippen molar-refractivity contribution in [1.29, 1.82) is 0 Å². The molecule has 0 amide bonds. The maximum atomic E-state index is 6.45. The number of halogens is 1. The lowest BCUT2D eigenvalue weighted by Gasteiger charge is -2.24. The average molecular weight is 367 g/mol. The first-order chi connectivity index (χ1) is 12.8. The molecule has 3 N–H and O–H groups in total. The van der Waals surface area contributed by atoms with Crippen LogP contribution < -0.4 is 16.0 Å². The third-order valence-electron chi connectivity index (χ3n) is 4.91. The van der Waals surface area contributed by atoms with Gasteiger partial charge in [-0.25, -0.2) is 4.98 Å². The highest BCUT2D eigenvalue weighted by atomic mass is 35.5. The number of hydrogen-bond donors (Lipinski definition) is 2. The molecule has 134 valence electrons. The van der Waals surface area contributed by atoms with E-state index in [-0.39, 0.29) is 0 Å². The molecule has 1 aromatic heterocycles. The molecule has 0 saturated carbocycles. The van der Waals surface area contributed by atoms with Gasteiger partial charge >= 0.3 is 0 Å². The number of rotatable bonds is 4. The van der Waals surface area contributed by atoms with Crippen molar-refractivity contribution in [3.8, 4) is 0 Å². The predicted molar refractivity (Wildman–Crippen MR) is 110 cm³/mol. The number of nitrogens with one attached hydrogen (secondary N) is 1. The standard InChI is InChI=1S/C21H23ClN4/c22-18-9-3-8-17-19(24-11-10-23)13-20(25-21(17)18)26-12-4-7-15-5-1-2-6-16(15)14-26/h1-3,5-6,8-9,13H,4,7,10-12,14,23H2,(H,24,25). The molecule has 2 aromatic carbocycles. The summed E-state index contributed by atoms with van der Waals surface area (Å²) in [7, 11) is 0. The molecule has 0 aliphatic carbocycles. The molecule has 0 spiro atoms. The van der Waals surface area contributed by atoms with Crippen molar-refractivity contribution < 1.29 is 0 Å². The summed E-state index contributed by atoms with van der Waals surface area (Å²) in [5, 5.41) is 5.14. The number of pyridine rings is 1. The van der Waals surface area contributed by atoms with Gasteiger partial charge in [-0.2, -0.15) is 0 Å². The Morgan fingerprint density at radius 1 is 1.12 bits per heavy atom. The lowest BCUT2D eigenvalue weighted by atomic mass is 10.0. The Hall–Kier alpha value is -2.30. The van der Waals surface area contributed by atoms with Gasteiger partial charge in [0.05, 0.1) is 10.5 Å². The molecule has 0 saturated heterocycles. The van der Waals surface area contributed by atoms with Gasteiger partial charge in [-0.3, -0.25) is 0 Å². The zero-order valence-electron chi connectivity index (χ0n) is 14.7. The van der Waals surface area contributed by atoms with Crippen LogP contribution in [0.1, 0.15) is 17.5 Å². The highest BCUT2D eigenvalue weighted by molar-refractivity contribution is 6.35. The largest absolute Gasteiger partial charge is 0.383 e. The molecule has 0 radical (unpaired) electrons. The van der Waals surface area contributed by atoms with Crippen LogP contribution in [0.4, 0.5) is 11.5 Å². The molecule has 0 atom stereocenters. The number of benzene rings is 2. The summed E-state index contributed by atoms with van der Waals surface area (Å²) in [6, 6.07) is 16.7. The molecular formula is C21H23ClN4. The van der Waals surface area contributed by atoms with Crippen molar-refractivity contribution in [2.75, 3.05) is 29.9 Å². The summed E-state index contributed by atoms with van der Waals surface area (Å²) >= 11 is 6.45. The van der Waals surface area contributed by atoms with E-state index in [9.17, 15) is 0 Å². The molecule has 1 aliphatic rings. The monoisotopic (exact) mass is 366 g/mol. The van der Waals surface area contributed by atoms with Crippen molar-refractivity contribution in [2.24, 2.45) is 5.73 Å². The van der Waals surface area contributed by atoms with Gasteiger partial charge in [-0.1, -0.05) is 48.0 Å². The molecule has 2 heterocycles. The number of para-hydroxylation sites is 1. The summed E-state index contributed by atoms with van der Waals surface area (Å²) in [5.74, 6) is 0.960. The predicted octanol–water partition coefficient (Wildman–Crippen LogP) is 4.21. The van der Waals surface area contributed by atoms with Gasteiger partial charge in [0.25, 0.3) is 0 Å². The van der Waals surface area contributed by atoms with Crippen LogP contribution >= 0.6 is 11.6 Å². The maximum Gasteiger partial charge on any atom is 0.131 e. The lowest BCUT2D eigenvalue weighted by molar-refractivity contribution is 0.756. The van der Waals surface area contributed by atoms with Crippen molar-refractivity contribution >= 4 is 34.0 Å². The van der Waals surface area contributed by atoms with E-state index in [4.69, 9.17) is 22.3 Å². The first-order valence-corrected chi connectivity index (χ1v) is 9.49. The van der Waals surface area contributed by atoms with E-state index in [1.165, 1.54) is 11.1 Å². The van der Waals surface area contributed by atoms with Crippen molar-refractivity contribution in [3.63, 3.8) is 0 Å². The fourth-order valence-corrected chi connectivity index (χ4v) is 3.83. The van der Waals surface area contributed by atoms with Crippen LogP contribution in [0.3, 0.4) is 0 Å². The highest BCUT2D eigenvalue weighted by Crippen LogP contribution is 2.32. The Bertz CT molecular complexity index is 925. The number of aryl methyl sites for hydroxylation is 1. The molecule has 0 unspecified atom stereocenters. The number of nitrogens with zero attached hydrogens (tertiary/aromatic N) is 2. The van der Waals surface area contributed by atoms with E-state index in [0.717, 1.165) is 48.3 Å². The lowest BCUT2D eigenvalue weighted by Crippen LogP contribution is -2.24. The zero-order valence-corrected chi connectivity index (χ0v) is 15.5. The summed E-state index contributed by atoms with van der Waals surface area (Å²) in [4.78, 5) is 7.25. The zero-order chi connectivity index (χ0) is 17.9. The molecule has 4 rings (SSSR count). The number of anilines is 2. The third kappa shape index (κ3) is 3.35. The molecule has 0 fully saturated rings. The second-order valence-electron chi connectivity index (χ2n) is 6.67. The van der Waals surface area contributed by atoms with Crippen LogP contribution in [0.5, 0.6) is 0 Å². The summed E-state index contributed by atoms with van der Waals surface area (Å²) in [6.07, 6.45) is 2.23. The molecule has 0 bridgehead atoms. The quantitative estimate of drug-likeness (QED) is 0.726. The Labute approximate surface area is 159 Å². The summed E-state index contributed by atoms with van der Waals surface area (Å²) < 4.78 is 0. The Kier molecular flexibility index (Phi) is 4.96. The van der Waals surface area contributed by atoms with Crippen LogP contribution in [0.25, 0.3) is 10.9 Å². The number of nitrogens with two attached hydrogens (primary N) is 1. The Morgan fingerprint density at radius 3 is 2.81 bits per heavy atom. The minimum atomic E-state index is 0.580. The van der Waals surface area contributed by atoms with E-state index in [1.807, 2.05) is 12.1 Å². The molecular weight excluding hydrogens is 344 g/mol. The van der Waals surface area contributed by atoms with Crippen LogP contribution in [-0.2, 0) is 13.0 Å². The van der Waals surface area contributed by atoms with Crippen LogP contribution in [0.15, 0.2) is 48.5 Å². The van der Waals surface area contributed by atoms with Gasteiger partial charge in [0.1, 0.15) is 5.82 Å². The van der Waals surface area contributed by atoms with E-state index < -0.39 is 0 Å². The van der Waals surface area contributed by atoms with Gasteiger partial charge < -0.3 is 16.0 Å². The summed E-state index contributed by atoms with van der Waals surface area (Å²) in [5.41, 5.74) is 10.4. The maximum absolute atomic E-state index is 6.45. The topological polar surface area (TPSA) is 54.2 Å². The molecule has 3 aromatic rings. The van der Waals surface area contributed by atoms with E-state index >= 15 is 0 Å². The van der Waals surface area contributed by atoms with E-state index in [2.05, 4.69) is 46.6 Å². The van der Waals surface area contributed by atoms with Crippen LogP contribution in [0.2, 0.25) is 5.02 Å². The smallest absolute Gasteiger partial charge is 0.131 e. The SMILES string of the molecule is NCCNc1cc(N2CCCc3ccccc3C2)nc2c(Cl)cccc12. The Balaban J connectivity index is 1.77. The van der Waals surface area contributed by atoms with Crippen molar-refractivity contribution in [3.05, 3.63) is 64.7 Å². The Morgan fingerprint density at radius 2 is 1.96 bits per heavy atom. The second-order valence-corrected chi connectivity index (χ2v) is 7.08. The molecule has 26 heavy (non-hydrogen) atoms. The van der Waals surface area contributed by atoms with E-state index in [0.29, 0.717) is 18.1 Å². The number of fused-ring (bicyclic) bond motifs is 2. The fourth-order valence-electron chi connectivity index (χ4n) is 3.61. The normalized spacial score (nSPS) is 14.2. The first-order valence-electron chi connectivity index (χ1n) is 9.11. The van der Waals surface area contributed by atoms with E-state index in [1.54, 1.807) is 0 Å². The van der Waals surface area contributed by atoms with Gasteiger partial charge in [0.2, 0.25) is 0 Å². The minimum Gasteiger partial charge on any atom is -0.383 e. The molecule has 4 nitrogen and oxygen atoms in total. The first kappa shape index (κ1) is 17.1. The fraction of sp³-hybridized carbons (Fsp3) is 0.286. The van der Waals surface area contributed by atoms with Crippen LogP contribution in [0, 0.1) is 0 Å². The molecule has 5 heteroatoms. The third-order valence-corrected chi connectivity index (χ3v) is 5.22.